The molecule has 0 aliphatic heterocycles. The van der Waals surface area contributed by atoms with Gasteiger partial charge in [0.1, 0.15) is 0 Å². The number of alkyl carbamates (subject to hydrolysis) is 1. The average molecular weight is 500 g/mol. The Morgan fingerprint density at radius 2 is 0.971 bits per heavy atom. The highest BCUT2D eigenvalue weighted by molar-refractivity contribution is 5.70. The summed E-state index contributed by atoms with van der Waals surface area (Å²) in [6.45, 7) is 4.24. The van der Waals surface area contributed by atoms with Crippen LogP contribution in [0.25, 0.3) is 0 Å². The van der Waals surface area contributed by atoms with E-state index in [-0.39, 0.29) is 25.7 Å². The number of rotatable bonds is 25. The first-order valence-corrected chi connectivity index (χ1v) is 14.2. The molecule has 0 saturated carbocycles. The van der Waals surface area contributed by atoms with Gasteiger partial charge in [-0.15, -0.1) is 0 Å². The van der Waals surface area contributed by atoms with E-state index in [0.717, 1.165) is 19.3 Å². The van der Waals surface area contributed by atoms with Crippen molar-refractivity contribution in [3.05, 3.63) is 0 Å². The smallest absolute Gasteiger partial charge is 0.407 e. The summed E-state index contributed by atoms with van der Waals surface area (Å²) in [5.41, 5.74) is -0.915. The Hall–Kier alpha value is -1.79. The van der Waals surface area contributed by atoms with Crippen molar-refractivity contribution in [1.29, 1.82) is 0 Å². The third kappa shape index (κ3) is 23.7. The zero-order valence-electron chi connectivity index (χ0n) is 22.6. The van der Waals surface area contributed by atoms with Crippen molar-refractivity contribution in [2.75, 3.05) is 6.61 Å². The summed E-state index contributed by atoms with van der Waals surface area (Å²) in [6.07, 6.45) is 21.4. The van der Waals surface area contributed by atoms with Gasteiger partial charge in [-0.05, 0) is 26.2 Å². The lowest BCUT2D eigenvalue weighted by Crippen LogP contribution is -2.47. The molecule has 3 N–H and O–H groups in total. The van der Waals surface area contributed by atoms with Crippen LogP contribution in [0, 0.1) is 0 Å². The first-order valence-electron chi connectivity index (χ1n) is 14.2. The SMILES string of the molecule is CCCCCCCCCCCCCCCCCCCOC(=O)NC(C)(CCC(=O)O)CCC(=O)O. The van der Waals surface area contributed by atoms with Gasteiger partial charge < -0.3 is 20.3 Å². The van der Waals surface area contributed by atoms with E-state index in [4.69, 9.17) is 14.9 Å². The molecule has 35 heavy (non-hydrogen) atoms. The van der Waals surface area contributed by atoms with Crippen molar-refractivity contribution in [2.24, 2.45) is 0 Å². The van der Waals surface area contributed by atoms with Gasteiger partial charge in [0.2, 0.25) is 0 Å². The molecule has 0 radical (unpaired) electrons. The molecule has 0 saturated heterocycles. The van der Waals surface area contributed by atoms with E-state index in [1.807, 2.05) is 0 Å². The molecule has 0 aromatic heterocycles. The van der Waals surface area contributed by atoms with E-state index >= 15 is 0 Å². The Balaban J connectivity index is 3.62. The zero-order chi connectivity index (χ0) is 26.2. The number of ether oxygens (including phenoxy) is 1. The van der Waals surface area contributed by atoms with E-state index in [1.165, 1.54) is 89.9 Å². The fourth-order valence-electron chi connectivity index (χ4n) is 4.29. The number of amides is 1. The fourth-order valence-corrected chi connectivity index (χ4v) is 4.29. The number of carbonyl (C=O) groups excluding carboxylic acids is 1. The molecule has 0 aliphatic rings. The molecule has 0 aromatic rings. The molecule has 0 unspecified atom stereocenters. The van der Waals surface area contributed by atoms with Crippen molar-refractivity contribution in [3.8, 4) is 0 Å². The van der Waals surface area contributed by atoms with Gasteiger partial charge in [-0.2, -0.15) is 0 Å². The van der Waals surface area contributed by atoms with Crippen LogP contribution in [0.15, 0.2) is 0 Å². The molecular weight excluding hydrogens is 446 g/mol. The topological polar surface area (TPSA) is 113 Å². The first-order chi connectivity index (χ1) is 16.8. The number of carboxylic acids is 2. The third-order valence-electron chi connectivity index (χ3n) is 6.67. The van der Waals surface area contributed by atoms with Crippen molar-refractivity contribution >= 4 is 18.0 Å². The Bertz CT molecular complexity index is 534. The van der Waals surface area contributed by atoms with E-state index in [1.54, 1.807) is 6.92 Å². The first kappa shape index (κ1) is 33.2. The molecule has 0 spiro atoms. The van der Waals surface area contributed by atoms with Crippen molar-refractivity contribution < 1.29 is 29.3 Å². The number of nitrogens with one attached hydrogen (secondary N) is 1. The molecule has 0 atom stereocenters. The molecule has 0 fully saturated rings. The van der Waals surface area contributed by atoms with E-state index in [0.29, 0.717) is 6.61 Å². The summed E-state index contributed by atoms with van der Waals surface area (Å²) in [6, 6.07) is 0. The summed E-state index contributed by atoms with van der Waals surface area (Å²) < 4.78 is 5.23. The predicted octanol–water partition coefficient (Wildman–Crippen LogP) is 7.85. The monoisotopic (exact) mass is 499 g/mol. The highest BCUT2D eigenvalue weighted by Crippen LogP contribution is 2.20. The van der Waals surface area contributed by atoms with Crippen LogP contribution < -0.4 is 5.32 Å². The maximum absolute atomic E-state index is 12.1. The summed E-state index contributed by atoms with van der Waals surface area (Å²) in [5.74, 6) is -1.96. The molecule has 206 valence electrons. The largest absolute Gasteiger partial charge is 0.481 e. The normalized spacial score (nSPS) is 11.4. The fraction of sp³-hybridized carbons (Fsp3) is 0.893. The van der Waals surface area contributed by atoms with Crippen LogP contribution in [0.2, 0.25) is 0 Å². The Kier molecular flexibility index (Phi) is 21.5. The highest BCUT2D eigenvalue weighted by Gasteiger charge is 2.28. The second-order valence-electron chi connectivity index (χ2n) is 10.3. The second-order valence-corrected chi connectivity index (χ2v) is 10.3. The molecule has 0 bridgehead atoms. The number of hydrogen-bond donors (Lipinski definition) is 3. The highest BCUT2D eigenvalue weighted by atomic mass is 16.5. The van der Waals surface area contributed by atoms with Gasteiger partial charge in [0, 0.05) is 18.4 Å². The molecule has 1 amide bonds. The summed E-state index contributed by atoms with van der Waals surface area (Å²) in [4.78, 5) is 33.8. The summed E-state index contributed by atoms with van der Waals surface area (Å²) in [7, 11) is 0. The van der Waals surface area contributed by atoms with E-state index in [2.05, 4.69) is 12.2 Å². The minimum atomic E-state index is -0.981. The maximum Gasteiger partial charge on any atom is 0.407 e. The maximum atomic E-state index is 12.1. The number of hydrogen-bond acceptors (Lipinski definition) is 4. The van der Waals surface area contributed by atoms with Gasteiger partial charge in [-0.25, -0.2) is 4.79 Å². The molecule has 7 heteroatoms. The lowest BCUT2D eigenvalue weighted by atomic mass is 9.90. The second kappa shape index (κ2) is 22.7. The number of carbonyl (C=O) groups is 3. The molecule has 0 aliphatic carbocycles. The van der Waals surface area contributed by atoms with E-state index in [9.17, 15) is 14.4 Å². The van der Waals surface area contributed by atoms with Gasteiger partial charge >= 0.3 is 18.0 Å². The Morgan fingerprint density at radius 1 is 0.629 bits per heavy atom. The van der Waals surface area contributed by atoms with Crippen LogP contribution in [0.4, 0.5) is 4.79 Å². The van der Waals surface area contributed by atoms with Gasteiger partial charge in [-0.1, -0.05) is 110 Å². The Labute approximate surface area is 213 Å². The zero-order valence-corrected chi connectivity index (χ0v) is 22.6. The van der Waals surface area contributed by atoms with Crippen molar-refractivity contribution in [1.82, 2.24) is 5.32 Å². The van der Waals surface area contributed by atoms with Crippen LogP contribution >= 0.6 is 0 Å². The van der Waals surface area contributed by atoms with Crippen LogP contribution in [0.1, 0.15) is 149 Å². The summed E-state index contributed by atoms with van der Waals surface area (Å²) in [5, 5.41) is 20.5. The quantitative estimate of drug-likeness (QED) is 0.110. The van der Waals surface area contributed by atoms with Crippen LogP contribution in [-0.4, -0.2) is 40.4 Å². The Morgan fingerprint density at radius 3 is 1.31 bits per heavy atom. The van der Waals surface area contributed by atoms with Gasteiger partial charge in [-0.3, -0.25) is 9.59 Å². The van der Waals surface area contributed by atoms with Gasteiger partial charge in [0.05, 0.1) is 6.61 Å². The lowest BCUT2D eigenvalue weighted by molar-refractivity contribution is -0.137. The predicted molar refractivity (Wildman–Crippen MR) is 141 cm³/mol. The molecule has 0 aromatic carbocycles. The minimum absolute atomic E-state index is 0.143. The van der Waals surface area contributed by atoms with Gasteiger partial charge in [0.25, 0.3) is 0 Å². The third-order valence-corrected chi connectivity index (χ3v) is 6.67. The van der Waals surface area contributed by atoms with Crippen molar-refractivity contribution in [2.45, 2.75) is 154 Å². The molecule has 0 heterocycles. The van der Waals surface area contributed by atoms with Crippen LogP contribution in [-0.2, 0) is 14.3 Å². The lowest BCUT2D eigenvalue weighted by Gasteiger charge is -2.29. The van der Waals surface area contributed by atoms with E-state index < -0.39 is 23.6 Å². The molecular formula is C28H53NO6. The standard InChI is InChI=1S/C28H53NO6/c1-3-4-5-6-7-8-9-10-11-12-13-14-15-16-17-18-19-24-35-27(34)29-28(2,22-20-25(30)31)23-21-26(32)33/h3-24H2,1-2H3,(H,29,34)(H,30,31)(H,32,33). The molecule has 0 rings (SSSR count). The average Bonchev–Trinajstić information content (AvgIpc) is 2.81. The minimum Gasteiger partial charge on any atom is -0.481 e. The summed E-state index contributed by atoms with van der Waals surface area (Å²) >= 11 is 0. The van der Waals surface area contributed by atoms with Crippen molar-refractivity contribution in [3.63, 3.8) is 0 Å². The molecule has 7 nitrogen and oxygen atoms in total. The van der Waals surface area contributed by atoms with Gasteiger partial charge in [0.15, 0.2) is 0 Å². The number of carboxylic acid groups (broad SMARTS) is 2. The van der Waals surface area contributed by atoms with Crippen LogP contribution in [0.3, 0.4) is 0 Å². The number of aliphatic carboxylic acids is 2. The number of unbranched alkanes of at least 4 members (excludes halogenated alkanes) is 16. The van der Waals surface area contributed by atoms with Crippen LogP contribution in [0.5, 0.6) is 0 Å².